The molecule has 2 atom stereocenters. The van der Waals surface area contributed by atoms with Crippen LogP contribution in [0.2, 0.25) is 0 Å². The molecule has 1 aliphatic rings. The van der Waals surface area contributed by atoms with Crippen LogP contribution in [-0.4, -0.2) is 53.9 Å². The Morgan fingerprint density at radius 2 is 1.89 bits per heavy atom. The fourth-order valence-corrected chi connectivity index (χ4v) is 3.88. The van der Waals surface area contributed by atoms with Crippen molar-refractivity contribution in [2.45, 2.75) is 26.3 Å². The highest BCUT2D eigenvalue weighted by molar-refractivity contribution is 7.13. The lowest BCUT2D eigenvalue weighted by Gasteiger charge is -2.37. The predicted octanol–water partition coefficient (Wildman–Crippen LogP) is 2.64. The zero-order valence-electron chi connectivity index (χ0n) is 15.8. The number of nitrogens with one attached hydrogen (secondary N) is 1. The van der Waals surface area contributed by atoms with E-state index in [1.54, 1.807) is 29.7 Å². The molecular formula is C20H26N4O2S. The van der Waals surface area contributed by atoms with E-state index in [4.69, 9.17) is 0 Å². The minimum Gasteiger partial charge on any atom is -0.345 e. The van der Waals surface area contributed by atoms with Crippen molar-refractivity contribution in [2.24, 2.45) is 5.92 Å². The molecule has 144 valence electrons. The van der Waals surface area contributed by atoms with E-state index in [0.717, 1.165) is 24.6 Å². The van der Waals surface area contributed by atoms with Gasteiger partial charge in [-0.15, -0.1) is 11.3 Å². The standard InChI is InChI=1S/C20H26N4O2S/c1-3-15(2)17(22-18(25)16-7-5-4-6-8-16)19(26)23-10-12-24(13-11-23)20-21-9-14-27-20/h4-9,14-15,17H,3,10-13H2,1-2H3,(H,22,25). The summed E-state index contributed by atoms with van der Waals surface area (Å²) < 4.78 is 0. The maximum absolute atomic E-state index is 13.1. The van der Waals surface area contributed by atoms with Gasteiger partial charge in [-0.3, -0.25) is 9.59 Å². The number of piperazine rings is 1. The summed E-state index contributed by atoms with van der Waals surface area (Å²) in [5, 5.41) is 5.93. The zero-order valence-corrected chi connectivity index (χ0v) is 16.6. The van der Waals surface area contributed by atoms with Gasteiger partial charge in [0, 0.05) is 43.3 Å². The number of rotatable bonds is 6. The highest BCUT2D eigenvalue weighted by atomic mass is 32.1. The van der Waals surface area contributed by atoms with Gasteiger partial charge >= 0.3 is 0 Å². The molecule has 1 fully saturated rings. The van der Waals surface area contributed by atoms with Crippen molar-refractivity contribution in [3.05, 3.63) is 47.5 Å². The number of carbonyl (C=O) groups is 2. The average Bonchev–Trinajstić information content (AvgIpc) is 3.26. The minimum absolute atomic E-state index is 0.00687. The Morgan fingerprint density at radius 1 is 1.19 bits per heavy atom. The first-order valence-electron chi connectivity index (χ1n) is 9.39. The van der Waals surface area contributed by atoms with Crippen molar-refractivity contribution in [3.8, 4) is 0 Å². The SMILES string of the molecule is CCC(C)C(NC(=O)c1ccccc1)C(=O)N1CCN(c2nccs2)CC1. The first-order valence-corrected chi connectivity index (χ1v) is 10.3. The lowest BCUT2D eigenvalue weighted by Crippen LogP contribution is -2.56. The molecule has 1 N–H and O–H groups in total. The lowest BCUT2D eigenvalue weighted by atomic mass is 9.97. The van der Waals surface area contributed by atoms with Crippen molar-refractivity contribution in [1.29, 1.82) is 0 Å². The summed E-state index contributed by atoms with van der Waals surface area (Å²) in [6, 6.07) is 8.55. The normalized spacial score (nSPS) is 16.7. The summed E-state index contributed by atoms with van der Waals surface area (Å²) in [7, 11) is 0. The summed E-state index contributed by atoms with van der Waals surface area (Å²) in [6.07, 6.45) is 2.63. The second kappa shape index (κ2) is 8.99. The molecule has 0 aliphatic carbocycles. The highest BCUT2D eigenvalue weighted by Gasteiger charge is 2.32. The molecule has 3 rings (SSSR count). The molecule has 2 aromatic rings. The van der Waals surface area contributed by atoms with Crippen molar-refractivity contribution >= 4 is 28.3 Å². The molecule has 1 aromatic carbocycles. The molecule has 0 radical (unpaired) electrons. The molecule has 0 spiro atoms. The molecule has 2 unspecified atom stereocenters. The molecule has 6 nitrogen and oxygen atoms in total. The minimum atomic E-state index is -0.505. The fourth-order valence-electron chi connectivity index (χ4n) is 3.18. The largest absolute Gasteiger partial charge is 0.345 e. The third-order valence-corrected chi connectivity index (χ3v) is 5.91. The third-order valence-electron chi connectivity index (χ3n) is 5.08. The Morgan fingerprint density at radius 3 is 2.48 bits per heavy atom. The van der Waals surface area contributed by atoms with Crippen LogP contribution in [0.3, 0.4) is 0 Å². The topological polar surface area (TPSA) is 65.5 Å². The second-order valence-electron chi connectivity index (χ2n) is 6.83. The Balaban J connectivity index is 1.64. The summed E-state index contributed by atoms with van der Waals surface area (Å²) in [6.45, 7) is 6.87. The third kappa shape index (κ3) is 4.66. The Hall–Kier alpha value is -2.41. The van der Waals surface area contributed by atoms with Crippen molar-refractivity contribution in [2.75, 3.05) is 31.1 Å². The number of nitrogens with zero attached hydrogens (tertiary/aromatic N) is 3. The molecule has 0 saturated carbocycles. The van der Waals surface area contributed by atoms with E-state index in [0.29, 0.717) is 18.7 Å². The van der Waals surface area contributed by atoms with Gasteiger partial charge in [0.05, 0.1) is 0 Å². The van der Waals surface area contributed by atoms with Crippen molar-refractivity contribution < 1.29 is 9.59 Å². The van der Waals surface area contributed by atoms with E-state index in [-0.39, 0.29) is 17.7 Å². The van der Waals surface area contributed by atoms with Crippen LogP contribution in [0.1, 0.15) is 30.6 Å². The number of thiazole rings is 1. The van der Waals surface area contributed by atoms with Crippen LogP contribution in [-0.2, 0) is 4.79 Å². The predicted molar refractivity (Wildman–Crippen MR) is 108 cm³/mol. The lowest BCUT2D eigenvalue weighted by molar-refractivity contribution is -0.134. The summed E-state index contributed by atoms with van der Waals surface area (Å²) in [5.41, 5.74) is 0.576. The average molecular weight is 387 g/mol. The smallest absolute Gasteiger partial charge is 0.251 e. The van der Waals surface area contributed by atoms with Crippen LogP contribution >= 0.6 is 11.3 Å². The molecule has 1 aliphatic heterocycles. The van der Waals surface area contributed by atoms with E-state index < -0.39 is 6.04 Å². The van der Waals surface area contributed by atoms with E-state index in [2.05, 4.69) is 15.2 Å². The quantitative estimate of drug-likeness (QED) is 0.829. The summed E-state index contributed by atoms with van der Waals surface area (Å²) in [4.78, 5) is 34.1. The van der Waals surface area contributed by atoms with Crippen LogP contribution < -0.4 is 10.2 Å². The number of hydrogen-bond donors (Lipinski definition) is 1. The highest BCUT2D eigenvalue weighted by Crippen LogP contribution is 2.20. The van der Waals surface area contributed by atoms with Crippen LogP contribution in [0, 0.1) is 5.92 Å². The first kappa shape index (κ1) is 19.4. The maximum Gasteiger partial charge on any atom is 0.251 e. The molecule has 1 aromatic heterocycles. The van der Waals surface area contributed by atoms with E-state index in [1.807, 2.05) is 42.3 Å². The number of benzene rings is 1. The fraction of sp³-hybridized carbons (Fsp3) is 0.450. The molecule has 27 heavy (non-hydrogen) atoms. The van der Waals surface area contributed by atoms with Gasteiger partial charge in [-0.05, 0) is 18.1 Å². The number of amides is 2. The van der Waals surface area contributed by atoms with Gasteiger partial charge in [-0.25, -0.2) is 4.98 Å². The van der Waals surface area contributed by atoms with Crippen molar-refractivity contribution in [3.63, 3.8) is 0 Å². The van der Waals surface area contributed by atoms with E-state index in [9.17, 15) is 9.59 Å². The van der Waals surface area contributed by atoms with E-state index in [1.165, 1.54) is 0 Å². The number of hydrogen-bond acceptors (Lipinski definition) is 5. The monoisotopic (exact) mass is 386 g/mol. The van der Waals surface area contributed by atoms with Crippen LogP contribution in [0.25, 0.3) is 0 Å². The second-order valence-corrected chi connectivity index (χ2v) is 7.70. The molecule has 1 saturated heterocycles. The zero-order chi connectivity index (χ0) is 19.2. The Kier molecular flexibility index (Phi) is 6.45. The van der Waals surface area contributed by atoms with Gasteiger partial charge < -0.3 is 15.1 Å². The maximum atomic E-state index is 13.1. The Labute approximate surface area is 164 Å². The molecule has 0 bridgehead atoms. The molecule has 7 heteroatoms. The van der Waals surface area contributed by atoms with Gasteiger partial charge in [0.25, 0.3) is 5.91 Å². The van der Waals surface area contributed by atoms with Crippen molar-refractivity contribution in [1.82, 2.24) is 15.2 Å². The van der Waals surface area contributed by atoms with Gasteiger partial charge in [0.1, 0.15) is 6.04 Å². The summed E-state index contributed by atoms with van der Waals surface area (Å²) in [5.74, 6) is -0.120. The molecule has 2 amide bonds. The van der Waals surface area contributed by atoms with Crippen LogP contribution in [0.15, 0.2) is 41.9 Å². The van der Waals surface area contributed by atoms with Crippen LogP contribution in [0.4, 0.5) is 5.13 Å². The van der Waals surface area contributed by atoms with Crippen LogP contribution in [0.5, 0.6) is 0 Å². The van der Waals surface area contributed by atoms with Gasteiger partial charge in [-0.2, -0.15) is 0 Å². The summed E-state index contributed by atoms with van der Waals surface area (Å²) >= 11 is 1.61. The number of carbonyl (C=O) groups excluding carboxylic acids is 2. The first-order chi connectivity index (χ1) is 13.1. The van der Waals surface area contributed by atoms with Gasteiger partial charge in [0.2, 0.25) is 5.91 Å². The molecular weight excluding hydrogens is 360 g/mol. The van der Waals surface area contributed by atoms with Gasteiger partial charge in [-0.1, -0.05) is 38.5 Å². The van der Waals surface area contributed by atoms with Gasteiger partial charge in [0.15, 0.2) is 5.13 Å². The number of anilines is 1. The Bertz CT molecular complexity index is 743. The molecule has 2 heterocycles. The van der Waals surface area contributed by atoms with E-state index >= 15 is 0 Å². The number of aromatic nitrogens is 1.